The summed E-state index contributed by atoms with van der Waals surface area (Å²) in [6, 6.07) is 15.6. The standard InChI is InChI=1S/C28H27FN4O3/c29-21-9-7-18(8-10-21)25-16-23(22-5-1-2-6-24(22)30-25)28(34)33-13-3-4-20(17-33)27-31-26(32-36-27)19-11-14-35-15-12-19/h1-2,5-10,16,19-20H,3-4,11-15,17H2. The first-order chi connectivity index (χ1) is 17.7. The van der Waals surface area contributed by atoms with E-state index in [0.29, 0.717) is 30.2 Å². The van der Waals surface area contributed by atoms with Crippen molar-refractivity contribution in [1.82, 2.24) is 20.0 Å². The number of amides is 1. The van der Waals surface area contributed by atoms with Crippen molar-refractivity contribution in [2.45, 2.75) is 37.5 Å². The van der Waals surface area contributed by atoms with Crippen LogP contribution in [0.4, 0.5) is 4.39 Å². The van der Waals surface area contributed by atoms with Crippen molar-refractivity contribution in [1.29, 1.82) is 0 Å². The quantitative estimate of drug-likeness (QED) is 0.387. The Hall–Kier alpha value is -3.65. The lowest BCUT2D eigenvalue weighted by Gasteiger charge is -2.31. The van der Waals surface area contributed by atoms with Crippen LogP contribution in [0.3, 0.4) is 0 Å². The molecule has 36 heavy (non-hydrogen) atoms. The smallest absolute Gasteiger partial charge is 0.254 e. The highest BCUT2D eigenvalue weighted by Gasteiger charge is 2.31. The summed E-state index contributed by atoms with van der Waals surface area (Å²) in [5, 5.41) is 5.06. The highest BCUT2D eigenvalue weighted by molar-refractivity contribution is 6.07. The van der Waals surface area contributed by atoms with E-state index in [0.717, 1.165) is 61.2 Å². The van der Waals surface area contributed by atoms with E-state index in [1.54, 1.807) is 12.1 Å². The molecule has 184 valence electrons. The number of pyridine rings is 1. The van der Waals surface area contributed by atoms with E-state index in [4.69, 9.17) is 19.2 Å². The summed E-state index contributed by atoms with van der Waals surface area (Å²) < 4.78 is 24.6. The van der Waals surface area contributed by atoms with Gasteiger partial charge in [-0.05, 0) is 62.1 Å². The summed E-state index contributed by atoms with van der Waals surface area (Å²) in [5.41, 5.74) is 2.73. The molecule has 4 aromatic rings. The molecule has 1 atom stereocenters. The van der Waals surface area contributed by atoms with Gasteiger partial charge >= 0.3 is 0 Å². The van der Waals surface area contributed by atoms with Gasteiger partial charge in [-0.25, -0.2) is 9.37 Å². The van der Waals surface area contributed by atoms with Gasteiger partial charge in [-0.15, -0.1) is 0 Å². The summed E-state index contributed by atoms with van der Waals surface area (Å²) in [6.07, 6.45) is 3.57. The summed E-state index contributed by atoms with van der Waals surface area (Å²) >= 11 is 0. The van der Waals surface area contributed by atoms with Crippen LogP contribution in [-0.2, 0) is 4.74 Å². The summed E-state index contributed by atoms with van der Waals surface area (Å²) in [5.74, 6) is 1.28. The number of rotatable bonds is 4. The van der Waals surface area contributed by atoms with E-state index in [2.05, 4.69) is 5.16 Å². The molecule has 0 saturated carbocycles. The molecule has 7 nitrogen and oxygen atoms in total. The highest BCUT2D eigenvalue weighted by atomic mass is 19.1. The van der Waals surface area contributed by atoms with Crippen LogP contribution in [0.25, 0.3) is 22.2 Å². The number of hydrogen-bond donors (Lipinski definition) is 0. The van der Waals surface area contributed by atoms with Crippen LogP contribution in [0.1, 0.15) is 59.6 Å². The maximum atomic E-state index is 13.8. The van der Waals surface area contributed by atoms with Crippen LogP contribution in [-0.4, -0.2) is 52.2 Å². The Kier molecular flexibility index (Phi) is 6.19. The lowest BCUT2D eigenvalue weighted by molar-refractivity contribution is 0.0697. The number of para-hydroxylation sites is 1. The first-order valence-electron chi connectivity index (χ1n) is 12.5. The molecule has 1 unspecified atom stereocenters. The number of nitrogens with zero attached hydrogens (tertiary/aromatic N) is 4. The fraction of sp³-hybridized carbons (Fsp3) is 0.357. The molecule has 2 saturated heterocycles. The Bertz CT molecular complexity index is 1380. The molecule has 2 aromatic heterocycles. The topological polar surface area (TPSA) is 81.4 Å². The van der Waals surface area contributed by atoms with Gasteiger partial charge in [-0.3, -0.25) is 4.79 Å². The van der Waals surface area contributed by atoms with Crippen molar-refractivity contribution in [3.05, 3.63) is 77.7 Å². The van der Waals surface area contributed by atoms with Gasteiger partial charge in [0.1, 0.15) is 5.82 Å². The number of hydrogen-bond acceptors (Lipinski definition) is 6. The van der Waals surface area contributed by atoms with Crippen LogP contribution in [0.15, 0.2) is 59.1 Å². The lowest BCUT2D eigenvalue weighted by atomic mass is 9.96. The third-order valence-corrected chi connectivity index (χ3v) is 7.19. The molecular formula is C28H27FN4O3. The highest BCUT2D eigenvalue weighted by Crippen LogP contribution is 2.32. The summed E-state index contributed by atoms with van der Waals surface area (Å²) in [4.78, 5) is 25.2. The predicted molar refractivity (Wildman–Crippen MR) is 132 cm³/mol. The Morgan fingerprint density at radius 3 is 2.61 bits per heavy atom. The van der Waals surface area contributed by atoms with Crippen molar-refractivity contribution in [3.8, 4) is 11.3 Å². The fourth-order valence-electron chi connectivity index (χ4n) is 5.19. The summed E-state index contributed by atoms with van der Waals surface area (Å²) in [7, 11) is 0. The second-order valence-corrected chi connectivity index (χ2v) is 9.55. The third-order valence-electron chi connectivity index (χ3n) is 7.19. The molecule has 2 aliphatic heterocycles. The number of piperidine rings is 1. The molecule has 2 aliphatic rings. The van der Waals surface area contributed by atoms with Gasteiger partial charge in [-0.1, -0.05) is 23.4 Å². The maximum absolute atomic E-state index is 13.8. The first-order valence-corrected chi connectivity index (χ1v) is 12.5. The van der Waals surface area contributed by atoms with E-state index in [-0.39, 0.29) is 23.6 Å². The van der Waals surface area contributed by atoms with Crippen molar-refractivity contribution >= 4 is 16.8 Å². The van der Waals surface area contributed by atoms with Crippen LogP contribution in [0, 0.1) is 5.82 Å². The molecule has 0 radical (unpaired) electrons. The molecule has 1 amide bonds. The van der Waals surface area contributed by atoms with Crippen molar-refractivity contribution in [2.75, 3.05) is 26.3 Å². The zero-order valence-electron chi connectivity index (χ0n) is 19.9. The number of aromatic nitrogens is 3. The molecule has 0 spiro atoms. The zero-order valence-corrected chi connectivity index (χ0v) is 19.9. The van der Waals surface area contributed by atoms with Crippen molar-refractivity contribution < 1.29 is 18.4 Å². The zero-order chi connectivity index (χ0) is 24.5. The summed E-state index contributed by atoms with van der Waals surface area (Å²) in [6.45, 7) is 2.63. The number of fused-ring (bicyclic) bond motifs is 1. The second kappa shape index (κ2) is 9.78. The Balaban J connectivity index is 1.28. The maximum Gasteiger partial charge on any atom is 0.254 e. The fourth-order valence-corrected chi connectivity index (χ4v) is 5.19. The second-order valence-electron chi connectivity index (χ2n) is 9.55. The van der Waals surface area contributed by atoms with Gasteiger partial charge < -0.3 is 14.2 Å². The van der Waals surface area contributed by atoms with Gasteiger partial charge in [0.05, 0.1) is 22.7 Å². The minimum Gasteiger partial charge on any atom is -0.381 e. The predicted octanol–water partition coefficient (Wildman–Crippen LogP) is 5.34. The molecule has 0 bridgehead atoms. The average molecular weight is 487 g/mol. The van der Waals surface area contributed by atoms with E-state index < -0.39 is 0 Å². The third kappa shape index (κ3) is 4.48. The molecule has 8 heteroatoms. The monoisotopic (exact) mass is 486 g/mol. The van der Waals surface area contributed by atoms with Crippen LogP contribution in [0.5, 0.6) is 0 Å². The van der Waals surface area contributed by atoms with E-state index in [1.165, 1.54) is 12.1 Å². The van der Waals surface area contributed by atoms with Gasteiger partial charge in [-0.2, -0.15) is 4.98 Å². The van der Waals surface area contributed by atoms with Crippen molar-refractivity contribution in [2.24, 2.45) is 0 Å². The number of halogens is 1. The van der Waals surface area contributed by atoms with Crippen LogP contribution in [0.2, 0.25) is 0 Å². The van der Waals surface area contributed by atoms with Gasteiger partial charge in [0.25, 0.3) is 5.91 Å². The van der Waals surface area contributed by atoms with Crippen molar-refractivity contribution in [3.63, 3.8) is 0 Å². The van der Waals surface area contributed by atoms with E-state index in [1.807, 2.05) is 35.2 Å². The number of ether oxygens (including phenoxy) is 1. The molecular weight excluding hydrogens is 459 g/mol. The van der Waals surface area contributed by atoms with Gasteiger partial charge in [0.15, 0.2) is 5.82 Å². The largest absolute Gasteiger partial charge is 0.381 e. The number of carbonyl (C=O) groups is 1. The van der Waals surface area contributed by atoms with Crippen LogP contribution < -0.4 is 0 Å². The van der Waals surface area contributed by atoms with Gasteiger partial charge in [0.2, 0.25) is 5.89 Å². The minimum absolute atomic E-state index is 0.00783. The Labute approximate surface area is 208 Å². The lowest BCUT2D eigenvalue weighted by Crippen LogP contribution is -2.39. The molecule has 6 rings (SSSR count). The van der Waals surface area contributed by atoms with E-state index >= 15 is 0 Å². The first kappa shape index (κ1) is 22.8. The number of benzene rings is 2. The molecule has 4 heterocycles. The Morgan fingerprint density at radius 1 is 0.972 bits per heavy atom. The van der Waals surface area contributed by atoms with Gasteiger partial charge in [0, 0.05) is 43.2 Å². The average Bonchev–Trinajstić information content (AvgIpc) is 3.44. The number of carbonyl (C=O) groups excluding carboxylic acids is 1. The molecule has 2 fully saturated rings. The minimum atomic E-state index is -0.309. The number of likely N-dealkylation sites (tertiary alicyclic amines) is 1. The molecule has 2 aromatic carbocycles. The molecule has 0 aliphatic carbocycles. The SMILES string of the molecule is O=C(c1cc(-c2ccc(F)cc2)nc2ccccc12)N1CCCC(c2nc(C3CCOCC3)no2)C1. The molecule has 0 N–H and O–H groups in total. The normalized spacial score (nSPS) is 19.0. The Morgan fingerprint density at radius 2 is 1.78 bits per heavy atom. The van der Waals surface area contributed by atoms with Crippen LogP contribution >= 0.6 is 0 Å². The van der Waals surface area contributed by atoms with E-state index in [9.17, 15) is 9.18 Å².